The first-order valence-corrected chi connectivity index (χ1v) is 14.8. The van der Waals surface area contributed by atoms with Gasteiger partial charge in [0.05, 0.1) is 34.6 Å². The Kier molecular flexibility index (Phi) is 8.83. The van der Waals surface area contributed by atoms with Crippen LogP contribution in [0.25, 0.3) is 5.95 Å². The highest BCUT2D eigenvalue weighted by Gasteiger charge is 2.26. The van der Waals surface area contributed by atoms with Crippen LogP contribution in [0.3, 0.4) is 0 Å². The lowest BCUT2D eigenvalue weighted by Crippen LogP contribution is -2.19. The number of hydrogen-bond donors (Lipinski definition) is 1. The number of nitrogens with zero attached hydrogens (tertiary/aromatic N) is 5. The molecule has 0 aliphatic heterocycles. The van der Waals surface area contributed by atoms with Gasteiger partial charge in [0.15, 0.2) is 11.6 Å². The van der Waals surface area contributed by atoms with Crippen LogP contribution in [-0.2, 0) is 22.0 Å². The molecule has 2 heterocycles. The summed E-state index contributed by atoms with van der Waals surface area (Å²) in [4.78, 5) is 12.7. The molecule has 0 saturated heterocycles. The van der Waals surface area contributed by atoms with Crippen LogP contribution in [0.2, 0.25) is 5.02 Å². The first-order chi connectivity index (χ1) is 19.0. The van der Waals surface area contributed by atoms with Crippen molar-refractivity contribution in [1.82, 2.24) is 19.5 Å². The summed E-state index contributed by atoms with van der Waals surface area (Å²) in [6, 6.07) is 15.1. The van der Waals surface area contributed by atoms with Crippen LogP contribution in [0.15, 0.2) is 61.2 Å². The molecule has 13 heteroatoms. The van der Waals surface area contributed by atoms with Crippen molar-refractivity contribution in [3.63, 3.8) is 0 Å². The minimum Gasteiger partial charge on any atom is -0.489 e. The molecule has 2 aromatic heterocycles. The standard InChI is InChI=1S/C27H26Cl2N6O4S/c1-27(2,20-12-18(14-30)25(23(29)13-20)38-11-9-28)19-4-6-22(7-5-19)39-16-21-8-10-31-26(33-21)35-15-24(32-17-35)34-40(3,36)37/h4-8,10,12-13,15,17,34H,9,11,16H2,1-3H3. The molecule has 0 aliphatic carbocycles. The average molecular weight is 602 g/mol. The average Bonchev–Trinajstić information content (AvgIpc) is 3.38. The van der Waals surface area contributed by atoms with E-state index in [9.17, 15) is 13.7 Å². The van der Waals surface area contributed by atoms with Crippen molar-refractivity contribution in [2.45, 2.75) is 25.9 Å². The maximum absolute atomic E-state index is 11.4. The molecule has 0 unspecified atom stereocenters. The molecule has 0 fully saturated rings. The molecule has 0 aliphatic rings. The second-order valence-corrected chi connectivity index (χ2v) is 11.8. The number of benzene rings is 2. The van der Waals surface area contributed by atoms with E-state index in [1.165, 1.54) is 17.1 Å². The van der Waals surface area contributed by atoms with Gasteiger partial charge in [0, 0.05) is 11.6 Å². The lowest BCUT2D eigenvalue weighted by Gasteiger charge is -2.27. The molecule has 0 amide bonds. The van der Waals surface area contributed by atoms with E-state index in [4.69, 9.17) is 32.7 Å². The van der Waals surface area contributed by atoms with E-state index >= 15 is 0 Å². The van der Waals surface area contributed by atoms with E-state index in [1.807, 2.05) is 44.2 Å². The van der Waals surface area contributed by atoms with Gasteiger partial charge in [-0.3, -0.25) is 9.29 Å². The lowest BCUT2D eigenvalue weighted by molar-refractivity contribution is 0.300. The molecule has 4 aromatic rings. The zero-order valence-corrected chi connectivity index (χ0v) is 24.3. The van der Waals surface area contributed by atoms with Crippen molar-refractivity contribution in [3.8, 4) is 23.5 Å². The largest absolute Gasteiger partial charge is 0.489 e. The molecule has 0 spiro atoms. The number of sulfonamides is 1. The Balaban J connectivity index is 1.46. The number of halogens is 2. The quantitative estimate of drug-likeness (QED) is 0.236. The van der Waals surface area contributed by atoms with Crippen molar-refractivity contribution in [1.29, 1.82) is 5.26 Å². The number of imidazole rings is 1. The third kappa shape index (κ3) is 7.01. The topological polar surface area (TPSA) is 132 Å². The Labute approximate surface area is 242 Å². The third-order valence-electron chi connectivity index (χ3n) is 5.98. The Morgan fingerprint density at radius 2 is 1.85 bits per heavy atom. The summed E-state index contributed by atoms with van der Waals surface area (Å²) in [7, 11) is -3.45. The molecule has 2 aromatic carbocycles. The molecule has 0 radical (unpaired) electrons. The van der Waals surface area contributed by atoms with E-state index in [0.29, 0.717) is 33.7 Å². The zero-order chi connectivity index (χ0) is 28.9. The van der Waals surface area contributed by atoms with Gasteiger partial charge < -0.3 is 9.47 Å². The van der Waals surface area contributed by atoms with Crippen molar-refractivity contribution in [2.24, 2.45) is 0 Å². The van der Waals surface area contributed by atoms with Crippen LogP contribution in [0.1, 0.15) is 36.2 Å². The number of anilines is 1. The molecule has 0 atom stereocenters. The zero-order valence-electron chi connectivity index (χ0n) is 21.9. The van der Waals surface area contributed by atoms with Gasteiger partial charge >= 0.3 is 0 Å². The lowest BCUT2D eigenvalue weighted by atomic mass is 9.77. The summed E-state index contributed by atoms with van der Waals surface area (Å²) in [5.74, 6) is 1.75. The number of alkyl halides is 1. The summed E-state index contributed by atoms with van der Waals surface area (Å²) in [6.07, 6.45) is 5.53. The van der Waals surface area contributed by atoms with Gasteiger partial charge in [-0.15, -0.1) is 11.6 Å². The van der Waals surface area contributed by atoms with Crippen molar-refractivity contribution in [3.05, 3.63) is 88.6 Å². The molecule has 0 saturated carbocycles. The van der Waals surface area contributed by atoms with E-state index in [-0.39, 0.29) is 24.9 Å². The Morgan fingerprint density at radius 1 is 1.10 bits per heavy atom. The summed E-state index contributed by atoms with van der Waals surface area (Å²) in [5.41, 5.74) is 2.37. The molecule has 4 rings (SSSR count). The first kappa shape index (κ1) is 29.1. The van der Waals surface area contributed by atoms with E-state index in [2.05, 4.69) is 25.7 Å². The normalized spacial score (nSPS) is 11.6. The van der Waals surface area contributed by atoms with E-state index in [0.717, 1.165) is 17.4 Å². The molecule has 208 valence electrons. The molecule has 0 bridgehead atoms. The molecule has 10 nitrogen and oxygen atoms in total. The van der Waals surface area contributed by atoms with Crippen LogP contribution < -0.4 is 14.2 Å². The van der Waals surface area contributed by atoms with E-state index in [1.54, 1.807) is 18.3 Å². The minimum atomic E-state index is -3.45. The van der Waals surface area contributed by atoms with Crippen LogP contribution in [0.4, 0.5) is 5.82 Å². The Morgan fingerprint density at radius 3 is 2.52 bits per heavy atom. The smallest absolute Gasteiger partial charge is 0.235 e. The summed E-state index contributed by atoms with van der Waals surface area (Å²) < 4.78 is 38.2. The number of aromatic nitrogens is 4. The summed E-state index contributed by atoms with van der Waals surface area (Å²) in [5, 5.41) is 10.00. The highest BCUT2D eigenvalue weighted by Crippen LogP contribution is 2.38. The fourth-order valence-electron chi connectivity index (χ4n) is 3.88. The fraction of sp³-hybridized carbons (Fsp3) is 0.259. The molecular weight excluding hydrogens is 575 g/mol. The predicted molar refractivity (Wildman–Crippen MR) is 153 cm³/mol. The second kappa shape index (κ2) is 12.1. The first-order valence-electron chi connectivity index (χ1n) is 12.0. The Hall–Kier alpha value is -3.85. The molecule has 40 heavy (non-hydrogen) atoms. The van der Waals surface area contributed by atoms with Crippen LogP contribution in [0.5, 0.6) is 11.5 Å². The van der Waals surface area contributed by atoms with Gasteiger partial charge in [-0.05, 0) is 41.5 Å². The van der Waals surface area contributed by atoms with Crippen molar-refractivity contribution in [2.75, 3.05) is 23.5 Å². The number of ether oxygens (including phenoxy) is 2. The second-order valence-electron chi connectivity index (χ2n) is 9.31. The summed E-state index contributed by atoms with van der Waals surface area (Å²) >= 11 is 12.2. The van der Waals surface area contributed by atoms with Gasteiger partial charge in [0.25, 0.3) is 0 Å². The number of rotatable bonds is 11. The molecule has 1 N–H and O–H groups in total. The van der Waals surface area contributed by atoms with Gasteiger partial charge in [-0.25, -0.2) is 23.4 Å². The monoisotopic (exact) mass is 600 g/mol. The molecular formula is C27H26Cl2N6O4S. The van der Waals surface area contributed by atoms with Crippen molar-refractivity contribution < 1.29 is 17.9 Å². The minimum absolute atomic E-state index is 0.164. The van der Waals surface area contributed by atoms with Crippen LogP contribution >= 0.6 is 23.2 Å². The number of nitriles is 1. The van der Waals surface area contributed by atoms with Gasteiger partial charge in [0.2, 0.25) is 16.0 Å². The van der Waals surface area contributed by atoms with Gasteiger partial charge in [0.1, 0.15) is 31.4 Å². The number of nitrogens with one attached hydrogen (secondary N) is 1. The highest BCUT2D eigenvalue weighted by molar-refractivity contribution is 7.92. The third-order valence-corrected chi connectivity index (χ3v) is 6.99. The maximum Gasteiger partial charge on any atom is 0.235 e. The Bertz CT molecular complexity index is 1650. The van der Waals surface area contributed by atoms with Gasteiger partial charge in [-0.2, -0.15) is 5.26 Å². The fourth-order valence-corrected chi connectivity index (χ4v) is 4.72. The number of hydrogen-bond acceptors (Lipinski definition) is 8. The van der Waals surface area contributed by atoms with E-state index < -0.39 is 15.4 Å². The van der Waals surface area contributed by atoms with Crippen molar-refractivity contribution >= 4 is 39.0 Å². The van der Waals surface area contributed by atoms with Gasteiger partial charge in [-0.1, -0.05) is 37.6 Å². The SMILES string of the molecule is CC(C)(c1ccc(OCc2ccnc(-n3cnc(NS(C)(=O)=O)c3)n2)cc1)c1cc(Cl)c(OCCCl)c(C#N)c1. The van der Waals surface area contributed by atoms with Crippen LogP contribution in [0, 0.1) is 11.3 Å². The predicted octanol–water partition coefficient (Wildman–Crippen LogP) is 5.08. The highest BCUT2D eigenvalue weighted by atomic mass is 35.5. The summed E-state index contributed by atoms with van der Waals surface area (Å²) in [6.45, 7) is 4.53. The van der Waals surface area contributed by atoms with Crippen LogP contribution in [-0.4, -0.2) is 46.7 Å². The maximum atomic E-state index is 11.4.